The molecule has 0 spiro atoms. The van der Waals surface area contributed by atoms with Crippen molar-refractivity contribution in [3.8, 4) is 0 Å². The Kier molecular flexibility index (Phi) is 9.27. The van der Waals surface area contributed by atoms with Crippen LogP contribution in [0.15, 0.2) is 0 Å². The normalized spacial score (nSPS) is 12.0. The average molecular weight is 361 g/mol. The first-order valence-corrected chi connectivity index (χ1v) is 8.19. The van der Waals surface area contributed by atoms with Gasteiger partial charge < -0.3 is 14.8 Å². The second-order valence-electron chi connectivity index (χ2n) is 5.28. The van der Waals surface area contributed by atoms with Crippen LogP contribution in [-0.4, -0.2) is 53.2 Å². The molecular formula is C15H23NO7S. The summed E-state index contributed by atoms with van der Waals surface area (Å²) in [5.41, 5.74) is 0. The average Bonchev–Trinajstić information content (AvgIpc) is 2.50. The number of methoxy groups -OCH3 is 1. The van der Waals surface area contributed by atoms with E-state index in [1.54, 1.807) is 27.7 Å². The highest BCUT2D eigenvalue weighted by molar-refractivity contribution is 8.14. The van der Waals surface area contributed by atoms with Gasteiger partial charge in [0.25, 0.3) is 0 Å². The van der Waals surface area contributed by atoms with Crippen LogP contribution in [-0.2, 0) is 33.4 Å². The summed E-state index contributed by atoms with van der Waals surface area (Å²) >= 11 is 0.690. The number of ether oxygens (including phenoxy) is 2. The monoisotopic (exact) mass is 361 g/mol. The Balaban J connectivity index is 5.12. The van der Waals surface area contributed by atoms with Crippen molar-refractivity contribution < 1.29 is 33.4 Å². The summed E-state index contributed by atoms with van der Waals surface area (Å²) in [4.78, 5) is 58.2. The fraction of sp³-hybridized carbons (Fsp3) is 0.667. The molecule has 0 aromatic carbocycles. The molecule has 1 atom stereocenters. The van der Waals surface area contributed by atoms with Crippen molar-refractivity contribution in [3.05, 3.63) is 0 Å². The Bertz CT molecular complexity index is 516. The Labute approximate surface area is 145 Å². The highest BCUT2D eigenvalue weighted by atomic mass is 32.2. The second-order valence-corrected chi connectivity index (χ2v) is 6.99. The summed E-state index contributed by atoms with van der Waals surface area (Å²) in [6, 6.07) is -1.08. The number of carbonyl (C=O) groups is 5. The maximum absolute atomic E-state index is 12.1. The maximum atomic E-state index is 12.1. The molecule has 0 bridgehead atoms. The second kappa shape index (κ2) is 10.1. The van der Waals surface area contributed by atoms with E-state index in [4.69, 9.17) is 4.74 Å². The highest BCUT2D eigenvalue weighted by Gasteiger charge is 2.40. The number of Topliss-reactive ketones (excluding diaryl/α,β-unsaturated/α-hetero) is 1. The first-order valence-electron chi connectivity index (χ1n) is 7.37. The minimum atomic E-state index is -1.11. The third-order valence-electron chi connectivity index (χ3n) is 2.94. The number of esters is 2. The molecule has 24 heavy (non-hydrogen) atoms. The van der Waals surface area contributed by atoms with Crippen LogP contribution in [0.25, 0.3) is 0 Å². The summed E-state index contributed by atoms with van der Waals surface area (Å²) in [7, 11) is 1.04. The van der Waals surface area contributed by atoms with Gasteiger partial charge in [-0.15, -0.1) is 0 Å². The molecule has 0 saturated carbocycles. The lowest BCUT2D eigenvalue weighted by molar-refractivity contribution is -0.152. The molecule has 0 heterocycles. The van der Waals surface area contributed by atoms with E-state index in [1.165, 1.54) is 0 Å². The van der Waals surface area contributed by atoms with Crippen LogP contribution in [0.5, 0.6) is 0 Å². The topological polar surface area (TPSA) is 116 Å². The van der Waals surface area contributed by atoms with Crippen LogP contribution in [0.2, 0.25) is 0 Å². The maximum Gasteiger partial charge on any atom is 0.374 e. The Morgan fingerprint density at radius 1 is 1.12 bits per heavy atom. The molecule has 0 aliphatic rings. The molecule has 0 aromatic heterocycles. The summed E-state index contributed by atoms with van der Waals surface area (Å²) in [5, 5.41) is 1.91. The zero-order valence-corrected chi connectivity index (χ0v) is 15.3. The van der Waals surface area contributed by atoms with Crippen molar-refractivity contribution in [2.45, 2.75) is 51.3 Å². The third kappa shape index (κ3) is 7.12. The van der Waals surface area contributed by atoms with E-state index in [9.17, 15) is 24.0 Å². The molecule has 0 aliphatic heterocycles. The lowest BCUT2D eigenvalue weighted by Crippen LogP contribution is -2.53. The van der Waals surface area contributed by atoms with Gasteiger partial charge >= 0.3 is 11.9 Å². The van der Waals surface area contributed by atoms with Gasteiger partial charge in [-0.3, -0.25) is 14.4 Å². The summed E-state index contributed by atoms with van der Waals surface area (Å²) in [6.07, 6.45) is -0.497. The van der Waals surface area contributed by atoms with E-state index in [0.717, 1.165) is 7.11 Å². The van der Waals surface area contributed by atoms with Crippen molar-refractivity contribution in [1.82, 2.24) is 5.32 Å². The number of amides is 1. The van der Waals surface area contributed by atoms with E-state index in [1.807, 2.05) is 0 Å². The molecule has 136 valence electrons. The number of thioether (sulfide) groups is 1. The van der Waals surface area contributed by atoms with E-state index in [-0.39, 0.29) is 18.9 Å². The van der Waals surface area contributed by atoms with Gasteiger partial charge in [0.2, 0.25) is 11.7 Å². The third-order valence-corrected chi connectivity index (χ3v) is 4.07. The van der Waals surface area contributed by atoms with Crippen molar-refractivity contribution >= 4 is 40.5 Å². The number of hydrogen-bond acceptors (Lipinski definition) is 8. The molecule has 0 rings (SSSR count). The van der Waals surface area contributed by atoms with Crippen LogP contribution < -0.4 is 5.32 Å². The number of hydrogen-bond donors (Lipinski definition) is 1. The number of nitrogens with one attached hydrogen (secondary N) is 1. The van der Waals surface area contributed by atoms with Gasteiger partial charge in [0, 0.05) is 11.2 Å². The minimum Gasteiger partial charge on any atom is -0.464 e. The summed E-state index contributed by atoms with van der Waals surface area (Å²) in [5.74, 6) is -3.14. The number of rotatable bonds is 9. The molecular weight excluding hydrogens is 338 g/mol. The van der Waals surface area contributed by atoms with Crippen molar-refractivity contribution in [2.75, 3.05) is 13.7 Å². The molecule has 8 nitrogen and oxygen atoms in total. The lowest BCUT2D eigenvalue weighted by Gasteiger charge is -2.31. The Hall–Kier alpha value is -1.90. The van der Waals surface area contributed by atoms with Crippen molar-refractivity contribution in [2.24, 2.45) is 0 Å². The standard InChI is InChI=1S/C15H23NO7S/c1-6-10(18)16-12(14(21)23-7-2)15(3,4)24-11(19)8-9(17)13(20)22-5/h12H,6-8H2,1-5H3,(H,16,18). The van der Waals surface area contributed by atoms with E-state index < -0.39 is 40.0 Å². The first-order chi connectivity index (χ1) is 11.1. The largest absolute Gasteiger partial charge is 0.464 e. The van der Waals surface area contributed by atoms with Crippen molar-refractivity contribution in [1.29, 1.82) is 0 Å². The highest BCUT2D eigenvalue weighted by Crippen LogP contribution is 2.31. The molecule has 9 heteroatoms. The zero-order valence-electron chi connectivity index (χ0n) is 14.5. The fourth-order valence-electron chi connectivity index (χ4n) is 1.71. The fourth-order valence-corrected chi connectivity index (χ4v) is 2.77. The zero-order chi connectivity index (χ0) is 18.9. The SMILES string of the molecule is CCOC(=O)C(NC(=O)CC)C(C)(C)SC(=O)CC(=O)C(=O)OC. The molecule has 1 N–H and O–H groups in total. The Morgan fingerprint density at radius 3 is 2.17 bits per heavy atom. The molecule has 0 saturated heterocycles. The molecule has 0 radical (unpaired) electrons. The Morgan fingerprint density at radius 2 is 1.71 bits per heavy atom. The van der Waals surface area contributed by atoms with Crippen LogP contribution in [0.3, 0.4) is 0 Å². The summed E-state index contributed by atoms with van der Waals surface area (Å²) in [6.45, 7) is 6.49. The van der Waals surface area contributed by atoms with Gasteiger partial charge in [0.15, 0.2) is 5.12 Å². The molecule has 0 aromatic rings. The summed E-state index contributed by atoms with van der Waals surface area (Å²) < 4.78 is 8.10. The van der Waals surface area contributed by atoms with E-state index >= 15 is 0 Å². The quantitative estimate of drug-likeness (QED) is 0.361. The van der Waals surface area contributed by atoms with Crippen molar-refractivity contribution in [3.63, 3.8) is 0 Å². The van der Waals surface area contributed by atoms with Gasteiger partial charge in [-0.05, 0) is 20.8 Å². The predicted octanol–water partition coefficient (Wildman–Crippen LogP) is 0.615. The number of ketones is 1. The lowest BCUT2D eigenvalue weighted by atomic mass is 10.0. The van der Waals surface area contributed by atoms with Gasteiger partial charge in [-0.25, -0.2) is 9.59 Å². The molecule has 1 amide bonds. The van der Waals surface area contributed by atoms with E-state index in [2.05, 4.69) is 10.1 Å². The van der Waals surface area contributed by atoms with Gasteiger partial charge in [0.05, 0.1) is 20.1 Å². The smallest absolute Gasteiger partial charge is 0.374 e. The van der Waals surface area contributed by atoms with Gasteiger partial charge in [-0.1, -0.05) is 18.7 Å². The van der Waals surface area contributed by atoms with Gasteiger partial charge in [0.1, 0.15) is 6.04 Å². The first kappa shape index (κ1) is 22.1. The van der Waals surface area contributed by atoms with Crippen LogP contribution in [0.1, 0.15) is 40.5 Å². The van der Waals surface area contributed by atoms with Crippen LogP contribution >= 0.6 is 11.8 Å². The predicted molar refractivity (Wildman–Crippen MR) is 87.2 cm³/mol. The molecule has 0 aliphatic carbocycles. The molecule has 1 unspecified atom stereocenters. The molecule has 0 fully saturated rings. The van der Waals surface area contributed by atoms with Crippen LogP contribution in [0, 0.1) is 0 Å². The minimum absolute atomic E-state index is 0.118. The number of carbonyl (C=O) groups excluding carboxylic acids is 5. The van der Waals surface area contributed by atoms with Gasteiger partial charge in [-0.2, -0.15) is 0 Å². The van der Waals surface area contributed by atoms with E-state index in [0.29, 0.717) is 11.8 Å². The van der Waals surface area contributed by atoms with Crippen LogP contribution in [0.4, 0.5) is 0 Å².